The van der Waals surface area contributed by atoms with Crippen LogP contribution in [-0.2, 0) is 14.6 Å². The predicted molar refractivity (Wildman–Crippen MR) is 113 cm³/mol. The third-order valence-corrected chi connectivity index (χ3v) is 7.89. The standard InChI is InChI=1S/C22H34N2O3S/c1-16(2)22(23-14-21(25)24-20-12-13-28(26,27)15-20)19-10-8-18(9-11-19)17-6-4-3-5-7-17/h8-11,16-17,20,22-23H,3-7,12-15H2,1-2H3,(H,24,25)/t20-,22+/m1/s1. The Bertz CT molecular complexity index is 752. The van der Waals surface area contributed by atoms with Gasteiger partial charge in [-0.2, -0.15) is 0 Å². The quantitative estimate of drug-likeness (QED) is 0.728. The minimum absolute atomic E-state index is 0.0645. The summed E-state index contributed by atoms with van der Waals surface area (Å²) in [5.74, 6) is 1.15. The summed E-state index contributed by atoms with van der Waals surface area (Å²) in [5.41, 5.74) is 2.64. The van der Waals surface area contributed by atoms with Gasteiger partial charge in [0.25, 0.3) is 0 Å². The molecule has 156 valence electrons. The minimum atomic E-state index is -2.98. The summed E-state index contributed by atoms with van der Waals surface area (Å²) in [4.78, 5) is 12.3. The zero-order chi connectivity index (χ0) is 20.1. The molecule has 0 spiro atoms. The van der Waals surface area contributed by atoms with Crippen molar-refractivity contribution in [2.75, 3.05) is 18.1 Å². The average molecular weight is 407 g/mol. The summed E-state index contributed by atoms with van der Waals surface area (Å²) in [5, 5.41) is 6.22. The van der Waals surface area contributed by atoms with E-state index in [1.807, 2.05) is 0 Å². The van der Waals surface area contributed by atoms with Gasteiger partial charge in [-0.05, 0) is 42.2 Å². The van der Waals surface area contributed by atoms with Gasteiger partial charge in [-0.3, -0.25) is 4.79 Å². The van der Waals surface area contributed by atoms with Crippen LogP contribution in [-0.4, -0.2) is 38.4 Å². The fraction of sp³-hybridized carbons (Fsp3) is 0.682. The molecule has 1 saturated heterocycles. The Morgan fingerprint density at radius 1 is 1.07 bits per heavy atom. The molecule has 1 amide bonds. The van der Waals surface area contributed by atoms with E-state index in [-0.39, 0.29) is 36.0 Å². The van der Waals surface area contributed by atoms with Crippen LogP contribution in [0.3, 0.4) is 0 Å². The maximum Gasteiger partial charge on any atom is 0.234 e. The lowest BCUT2D eigenvalue weighted by molar-refractivity contribution is -0.121. The third kappa shape index (κ3) is 5.80. The van der Waals surface area contributed by atoms with Crippen molar-refractivity contribution in [2.24, 2.45) is 5.92 Å². The van der Waals surface area contributed by atoms with Crippen LogP contribution in [0, 0.1) is 5.92 Å². The van der Waals surface area contributed by atoms with Crippen molar-refractivity contribution in [1.82, 2.24) is 10.6 Å². The van der Waals surface area contributed by atoms with Gasteiger partial charge in [0.2, 0.25) is 5.91 Å². The zero-order valence-electron chi connectivity index (χ0n) is 17.1. The van der Waals surface area contributed by atoms with Gasteiger partial charge in [0.1, 0.15) is 0 Å². The summed E-state index contributed by atoms with van der Waals surface area (Å²) in [7, 11) is -2.98. The molecule has 1 aromatic carbocycles. The average Bonchev–Trinajstić information content (AvgIpc) is 3.01. The van der Waals surface area contributed by atoms with Crippen LogP contribution in [0.25, 0.3) is 0 Å². The van der Waals surface area contributed by atoms with E-state index in [9.17, 15) is 13.2 Å². The largest absolute Gasteiger partial charge is 0.351 e. The molecule has 1 heterocycles. The summed E-state index contributed by atoms with van der Waals surface area (Å²) in [6, 6.07) is 8.76. The van der Waals surface area contributed by atoms with Crippen LogP contribution in [0.15, 0.2) is 24.3 Å². The molecule has 2 atom stereocenters. The summed E-state index contributed by atoms with van der Waals surface area (Å²) in [6.07, 6.45) is 7.14. The Balaban J connectivity index is 1.55. The van der Waals surface area contributed by atoms with Crippen molar-refractivity contribution in [3.8, 4) is 0 Å². The normalized spacial score (nSPS) is 23.6. The number of hydrogen-bond donors (Lipinski definition) is 2. The Hall–Kier alpha value is -1.40. The van der Waals surface area contributed by atoms with E-state index in [2.05, 4.69) is 48.7 Å². The number of benzene rings is 1. The fourth-order valence-electron chi connectivity index (χ4n) is 4.54. The van der Waals surface area contributed by atoms with Gasteiger partial charge < -0.3 is 10.6 Å². The number of nitrogens with one attached hydrogen (secondary N) is 2. The maximum absolute atomic E-state index is 12.3. The molecule has 6 heteroatoms. The molecule has 2 N–H and O–H groups in total. The molecule has 1 aliphatic carbocycles. The predicted octanol–water partition coefficient (Wildman–Crippen LogP) is 3.32. The van der Waals surface area contributed by atoms with Gasteiger partial charge in [-0.15, -0.1) is 0 Å². The maximum atomic E-state index is 12.3. The van der Waals surface area contributed by atoms with Gasteiger partial charge in [-0.1, -0.05) is 57.4 Å². The first kappa shape index (κ1) is 21.3. The van der Waals surface area contributed by atoms with E-state index in [1.54, 1.807) is 0 Å². The molecule has 0 bridgehead atoms. The van der Waals surface area contributed by atoms with Gasteiger partial charge in [-0.25, -0.2) is 8.42 Å². The van der Waals surface area contributed by atoms with E-state index in [4.69, 9.17) is 0 Å². The molecular weight excluding hydrogens is 372 g/mol. The van der Waals surface area contributed by atoms with Crippen LogP contribution in [0.2, 0.25) is 0 Å². The highest BCUT2D eigenvalue weighted by atomic mass is 32.2. The molecular formula is C22H34N2O3S. The monoisotopic (exact) mass is 406 g/mol. The number of carbonyl (C=O) groups excluding carboxylic acids is 1. The highest BCUT2D eigenvalue weighted by Gasteiger charge is 2.29. The zero-order valence-corrected chi connectivity index (χ0v) is 17.9. The Morgan fingerprint density at radius 2 is 1.75 bits per heavy atom. The van der Waals surface area contributed by atoms with E-state index in [0.717, 1.165) is 0 Å². The number of hydrogen-bond acceptors (Lipinski definition) is 4. The second-order valence-electron chi connectivity index (χ2n) is 8.77. The van der Waals surface area contributed by atoms with Crippen molar-refractivity contribution >= 4 is 15.7 Å². The van der Waals surface area contributed by atoms with Gasteiger partial charge >= 0.3 is 0 Å². The second-order valence-corrected chi connectivity index (χ2v) is 11.0. The number of sulfone groups is 1. The van der Waals surface area contributed by atoms with E-state index >= 15 is 0 Å². The summed E-state index contributed by atoms with van der Waals surface area (Å²) in [6.45, 7) is 4.49. The molecule has 1 aliphatic heterocycles. The van der Waals surface area contributed by atoms with Crippen LogP contribution in [0.1, 0.15) is 75.5 Å². The van der Waals surface area contributed by atoms with E-state index in [1.165, 1.54) is 43.2 Å². The smallest absolute Gasteiger partial charge is 0.234 e. The van der Waals surface area contributed by atoms with Crippen molar-refractivity contribution in [1.29, 1.82) is 0 Å². The Morgan fingerprint density at radius 3 is 2.32 bits per heavy atom. The van der Waals surface area contributed by atoms with E-state index in [0.29, 0.717) is 18.3 Å². The molecule has 5 nitrogen and oxygen atoms in total. The summed E-state index contributed by atoms with van der Waals surface area (Å²) < 4.78 is 23.1. The minimum Gasteiger partial charge on any atom is -0.351 e. The first-order chi connectivity index (χ1) is 13.3. The molecule has 3 rings (SSSR count). The lowest BCUT2D eigenvalue weighted by atomic mass is 9.83. The fourth-order valence-corrected chi connectivity index (χ4v) is 6.21. The topological polar surface area (TPSA) is 75.3 Å². The van der Waals surface area contributed by atoms with Crippen LogP contribution in [0.5, 0.6) is 0 Å². The van der Waals surface area contributed by atoms with Crippen LogP contribution < -0.4 is 10.6 Å². The molecule has 2 fully saturated rings. The number of amides is 1. The van der Waals surface area contributed by atoms with Crippen molar-refractivity contribution < 1.29 is 13.2 Å². The highest BCUT2D eigenvalue weighted by Crippen LogP contribution is 2.33. The van der Waals surface area contributed by atoms with Crippen molar-refractivity contribution in [3.63, 3.8) is 0 Å². The van der Waals surface area contributed by atoms with Crippen LogP contribution >= 0.6 is 0 Å². The molecule has 1 saturated carbocycles. The molecule has 2 aliphatic rings. The number of rotatable bonds is 7. The van der Waals surface area contributed by atoms with Gasteiger partial charge in [0.05, 0.1) is 18.1 Å². The lowest BCUT2D eigenvalue weighted by Gasteiger charge is -2.25. The molecule has 28 heavy (non-hydrogen) atoms. The van der Waals surface area contributed by atoms with E-state index < -0.39 is 9.84 Å². The van der Waals surface area contributed by atoms with Crippen LogP contribution in [0.4, 0.5) is 0 Å². The van der Waals surface area contributed by atoms with Gasteiger partial charge in [0, 0.05) is 12.1 Å². The lowest BCUT2D eigenvalue weighted by Crippen LogP contribution is -2.42. The van der Waals surface area contributed by atoms with Crippen molar-refractivity contribution in [2.45, 2.75) is 70.4 Å². The molecule has 1 aromatic rings. The number of carbonyl (C=O) groups is 1. The van der Waals surface area contributed by atoms with Crippen molar-refractivity contribution in [3.05, 3.63) is 35.4 Å². The second kappa shape index (κ2) is 9.40. The summed E-state index contributed by atoms with van der Waals surface area (Å²) >= 11 is 0. The SMILES string of the molecule is CC(C)[C@H](NCC(=O)N[C@@H]1CCS(=O)(=O)C1)c1ccc(C2CCCCC2)cc1. The third-order valence-electron chi connectivity index (χ3n) is 6.12. The molecule has 0 unspecified atom stereocenters. The molecule has 0 aromatic heterocycles. The first-order valence-electron chi connectivity index (χ1n) is 10.7. The first-order valence-corrected chi connectivity index (χ1v) is 12.5. The molecule has 0 radical (unpaired) electrons. The highest BCUT2D eigenvalue weighted by molar-refractivity contribution is 7.91. The Labute approximate surface area is 169 Å². The Kier molecular flexibility index (Phi) is 7.15. The van der Waals surface area contributed by atoms with Gasteiger partial charge in [0.15, 0.2) is 9.84 Å².